The first-order valence-corrected chi connectivity index (χ1v) is 8.27. The van der Waals surface area contributed by atoms with E-state index in [2.05, 4.69) is 5.32 Å². The van der Waals surface area contributed by atoms with E-state index in [4.69, 9.17) is 11.6 Å². The first-order chi connectivity index (χ1) is 11.0. The molecule has 0 spiro atoms. The molecule has 1 heterocycles. The Morgan fingerprint density at radius 2 is 1.83 bits per heavy atom. The number of nitrogens with one attached hydrogen (secondary N) is 1. The van der Waals surface area contributed by atoms with Crippen LogP contribution < -0.4 is 9.62 Å². The third-order valence-corrected chi connectivity index (χ3v) is 4.54. The van der Waals surface area contributed by atoms with Gasteiger partial charge in [0.25, 0.3) is 5.91 Å². The minimum atomic E-state index is -2.66. The highest BCUT2D eigenvalue weighted by molar-refractivity contribution is 7.74. The van der Waals surface area contributed by atoms with Gasteiger partial charge in [-0.25, -0.2) is 8.42 Å². The van der Waals surface area contributed by atoms with Gasteiger partial charge in [0.2, 0.25) is 10.9 Å². The summed E-state index contributed by atoms with van der Waals surface area (Å²) >= 11 is 5.93. The van der Waals surface area contributed by atoms with Crippen molar-refractivity contribution >= 4 is 51.4 Å². The molecule has 3 rings (SSSR count). The van der Waals surface area contributed by atoms with Crippen LogP contribution in [-0.2, 0) is 15.7 Å². The maximum atomic E-state index is 12.1. The van der Waals surface area contributed by atoms with E-state index in [9.17, 15) is 13.2 Å². The largest absolute Gasteiger partial charge is 0.321 e. The molecule has 118 valence electrons. The average Bonchev–Trinajstić information content (AvgIpc) is 2.82. The molecule has 1 amide bonds. The summed E-state index contributed by atoms with van der Waals surface area (Å²) in [5.41, 5.74) is 3.40. The highest BCUT2D eigenvalue weighted by atomic mass is 35.5. The third kappa shape index (κ3) is 3.09. The van der Waals surface area contributed by atoms with Crippen LogP contribution in [0.2, 0.25) is 5.02 Å². The summed E-state index contributed by atoms with van der Waals surface area (Å²) in [5, 5.41) is 3.33. The lowest BCUT2D eigenvalue weighted by atomic mass is 10.0. The van der Waals surface area contributed by atoms with Crippen LogP contribution in [0.25, 0.3) is 11.6 Å². The van der Waals surface area contributed by atoms with Gasteiger partial charge in [0.15, 0.2) is 0 Å². The van der Waals surface area contributed by atoms with Gasteiger partial charge in [0.1, 0.15) is 0 Å². The number of benzene rings is 2. The highest BCUT2D eigenvalue weighted by Gasteiger charge is 2.23. The highest BCUT2D eigenvalue weighted by Crippen LogP contribution is 2.35. The van der Waals surface area contributed by atoms with Crippen molar-refractivity contribution in [1.82, 2.24) is 0 Å². The van der Waals surface area contributed by atoms with Gasteiger partial charge in [-0.3, -0.25) is 9.10 Å². The van der Waals surface area contributed by atoms with E-state index in [0.29, 0.717) is 22.0 Å². The summed E-state index contributed by atoms with van der Waals surface area (Å²) in [6.45, 7) is 0. The molecule has 5 nitrogen and oxygen atoms in total. The first-order valence-electron chi connectivity index (χ1n) is 6.77. The molecule has 2 aromatic rings. The number of halogens is 1. The summed E-state index contributed by atoms with van der Waals surface area (Å²) in [6, 6.07) is 12.1. The second-order valence-electron chi connectivity index (χ2n) is 5.06. The van der Waals surface area contributed by atoms with Crippen molar-refractivity contribution in [2.75, 3.05) is 16.7 Å². The van der Waals surface area contributed by atoms with E-state index in [-0.39, 0.29) is 5.91 Å². The fraction of sp³-hybridized carbons (Fsp3) is 0.0625. The SMILES string of the molecule is CN(c1ccc(C=C2C(=O)Nc3cc(Cl)ccc32)cc1)[SH](=O)=O. The molecule has 0 radical (unpaired) electrons. The Balaban J connectivity index is 1.95. The van der Waals surface area contributed by atoms with Crippen LogP contribution >= 0.6 is 11.6 Å². The Morgan fingerprint density at radius 3 is 2.48 bits per heavy atom. The molecule has 0 aromatic heterocycles. The zero-order valence-corrected chi connectivity index (χ0v) is 13.8. The first kappa shape index (κ1) is 15.6. The number of rotatable bonds is 3. The molecule has 1 N–H and O–H groups in total. The van der Waals surface area contributed by atoms with Crippen LogP contribution in [0.1, 0.15) is 11.1 Å². The summed E-state index contributed by atoms with van der Waals surface area (Å²) in [7, 11) is -1.19. The van der Waals surface area contributed by atoms with E-state index >= 15 is 0 Å². The van der Waals surface area contributed by atoms with E-state index in [1.165, 1.54) is 7.05 Å². The lowest BCUT2D eigenvalue weighted by molar-refractivity contribution is -0.110. The van der Waals surface area contributed by atoms with Gasteiger partial charge < -0.3 is 5.32 Å². The predicted molar refractivity (Wildman–Crippen MR) is 93.1 cm³/mol. The van der Waals surface area contributed by atoms with Crippen molar-refractivity contribution in [2.24, 2.45) is 0 Å². The summed E-state index contributed by atoms with van der Waals surface area (Å²) in [4.78, 5) is 12.1. The molecule has 23 heavy (non-hydrogen) atoms. The van der Waals surface area contributed by atoms with E-state index in [1.807, 2.05) is 0 Å². The van der Waals surface area contributed by atoms with E-state index < -0.39 is 10.9 Å². The number of nitrogens with zero attached hydrogens (tertiary/aromatic N) is 1. The maximum absolute atomic E-state index is 12.1. The minimum absolute atomic E-state index is 0.189. The molecule has 1 aliphatic heterocycles. The number of hydrogen-bond donors (Lipinski definition) is 2. The van der Waals surface area contributed by atoms with Crippen molar-refractivity contribution in [3.63, 3.8) is 0 Å². The van der Waals surface area contributed by atoms with Crippen molar-refractivity contribution in [3.05, 3.63) is 58.6 Å². The molecule has 0 saturated heterocycles. The van der Waals surface area contributed by atoms with Gasteiger partial charge in [-0.2, -0.15) is 0 Å². The van der Waals surface area contributed by atoms with Gasteiger partial charge in [-0.05, 0) is 35.9 Å². The van der Waals surface area contributed by atoms with Crippen molar-refractivity contribution in [1.29, 1.82) is 0 Å². The zero-order chi connectivity index (χ0) is 16.6. The molecule has 0 bridgehead atoms. The lowest BCUT2D eigenvalue weighted by Gasteiger charge is -2.10. The normalized spacial score (nSPS) is 14.9. The number of carbonyl (C=O) groups excluding carboxylic acids is 1. The van der Waals surface area contributed by atoms with Crippen LogP contribution in [0.4, 0.5) is 11.4 Å². The molecule has 0 saturated carbocycles. The monoisotopic (exact) mass is 348 g/mol. The number of thiol groups is 1. The third-order valence-electron chi connectivity index (χ3n) is 3.59. The van der Waals surface area contributed by atoms with Gasteiger partial charge >= 0.3 is 0 Å². The quantitative estimate of drug-likeness (QED) is 0.662. The molecular formula is C16H13ClN2O3S. The number of anilines is 2. The number of fused-ring (bicyclic) bond motifs is 1. The molecule has 0 fully saturated rings. The number of carbonyl (C=O) groups is 1. The number of amides is 1. The Hall–Kier alpha value is -2.31. The van der Waals surface area contributed by atoms with Crippen molar-refractivity contribution in [2.45, 2.75) is 0 Å². The topological polar surface area (TPSA) is 66.5 Å². The Bertz CT molecular complexity index is 881. The van der Waals surface area contributed by atoms with E-state index in [0.717, 1.165) is 15.4 Å². The molecule has 0 atom stereocenters. The van der Waals surface area contributed by atoms with Crippen LogP contribution in [0, 0.1) is 0 Å². The standard InChI is InChI=1S/C16H13ClN2O3S/c1-19(23(21)22)12-5-2-10(3-6-12)8-14-13-7-4-11(17)9-15(13)18-16(14)20/h2-9,23H,1H3,(H,18,20). The average molecular weight is 349 g/mol. The molecule has 7 heteroatoms. The fourth-order valence-electron chi connectivity index (χ4n) is 2.36. The second-order valence-corrected chi connectivity index (χ2v) is 6.57. The van der Waals surface area contributed by atoms with E-state index in [1.54, 1.807) is 48.5 Å². The lowest BCUT2D eigenvalue weighted by Crippen LogP contribution is -2.13. The maximum Gasteiger partial charge on any atom is 0.256 e. The predicted octanol–water partition coefficient (Wildman–Crippen LogP) is 2.80. The summed E-state index contributed by atoms with van der Waals surface area (Å²) < 4.78 is 23.1. The van der Waals surface area contributed by atoms with Crippen LogP contribution in [0.5, 0.6) is 0 Å². The molecule has 0 unspecified atom stereocenters. The Labute approximate surface area is 140 Å². The van der Waals surface area contributed by atoms with Crippen molar-refractivity contribution in [3.8, 4) is 0 Å². The molecule has 2 aromatic carbocycles. The van der Waals surface area contributed by atoms with Gasteiger partial charge in [-0.1, -0.05) is 29.8 Å². The van der Waals surface area contributed by atoms with Gasteiger partial charge in [0.05, 0.1) is 11.4 Å². The summed E-state index contributed by atoms with van der Waals surface area (Å²) in [6.07, 6.45) is 1.76. The van der Waals surface area contributed by atoms with Crippen LogP contribution in [0.15, 0.2) is 42.5 Å². The molecule has 0 aliphatic carbocycles. The molecular weight excluding hydrogens is 336 g/mol. The van der Waals surface area contributed by atoms with Crippen LogP contribution in [0.3, 0.4) is 0 Å². The second kappa shape index (κ2) is 6.06. The Kier molecular flexibility index (Phi) is 4.11. The smallest absolute Gasteiger partial charge is 0.256 e. The van der Waals surface area contributed by atoms with Gasteiger partial charge in [-0.15, -0.1) is 0 Å². The Morgan fingerprint density at radius 1 is 1.13 bits per heavy atom. The van der Waals surface area contributed by atoms with Crippen molar-refractivity contribution < 1.29 is 13.2 Å². The summed E-state index contributed by atoms with van der Waals surface area (Å²) in [5.74, 6) is -0.189. The van der Waals surface area contributed by atoms with Crippen LogP contribution in [-0.4, -0.2) is 21.4 Å². The van der Waals surface area contributed by atoms with Gasteiger partial charge in [0, 0.05) is 23.2 Å². The molecule has 1 aliphatic rings. The fourth-order valence-corrected chi connectivity index (χ4v) is 2.85. The minimum Gasteiger partial charge on any atom is -0.321 e. The zero-order valence-electron chi connectivity index (χ0n) is 12.1. The number of hydrogen-bond acceptors (Lipinski definition) is 3.